The van der Waals surface area contributed by atoms with Gasteiger partial charge in [-0.1, -0.05) is 0 Å². The van der Waals surface area contributed by atoms with E-state index in [1.54, 1.807) is 6.07 Å². The molecule has 1 N–H and O–H groups in total. The van der Waals surface area contributed by atoms with E-state index in [-0.39, 0.29) is 18.0 Å². The van der Waals surface area contributed by atoms with Gasteiger partial charge in [0.25, 0.3) is 0 Å². The van der Waals surface area contributed by atoms with Crippen LogP contribution in [0.25, 0.3) is 0 Å². The molecule has 0 fully saturated rings. The summed E-state index contributed by atoms with van der Waals surface area (Å²) >= 11 is 0. The Morgan fingerprint density at radius 2 is 2.16 bits per heavy atom. The number of carbonyl (C=O) groups is 1. The molecule has 1 heterocycles. The van der Waals surface area contributed by atoms with E-state index >= 15 is 0 Å². The summed E-state index contributed by atoms with van der Waals surface area (Å²) in [6.07, 6.45) is 1.45. The smallest absolute Gasteiger partial charge is 0.356 e. The van der Waals surface area contributed by atoms with Crippen molar-refractivity contribution in [3.8, 4) is 0 Å². The molecular formula is C11H17N3O4S. The van der Waals surface area contributed by atoms with Gasteiger partial charge >= 0.3 is 5.97 Å². The number of sulfonamides is 1. The Morgan fingerprint density at radius 3 is 2.74 bits per heavy atom. The van der Waals surface area contributed by atoms with Crippen molar-refractivity contribution in [1.29, 1.82) is 0 Å². The largest absolute Gasteiger partial charge is 0.464 e. The first kappa shape index (κ1) is 15.4. The lowest BCUT2D eigenvalue weighted by Gasteiger charge is -2.12. The van der Waals surface area contributed by atoms with E-state index in [9.17, 15) is 13.2 Å². The topological polar surface area (TPSA) is 88.6 Å². The Hall–Kier alpha value is -1.67. The van der Waals surface area contributed by atoms with Gasteiger partial charge in [-0.25, -0.2) is 22.5 Å². The van der Waals surface area contributed by atoms with Crippen molar-refractivity contribution in [2.45, 2.75) is 0 Å². The fourth-order valence-electron chi connectivity index (χ4n) is 1.26. The molecule has 7 nitrogen and oxygen atoms in total. The lowest BCUT2D eigenvalue weighted by atomic mass is 10.3. The summed E-state index contributed by atoms with van der Waals surface area (Å²) in [5, 5.41) is 2.92. The average Bonchev–Trinajstić information content (AvgIpc) is 2.37. The fraction of sp³-hybridized carbons (Fsp3) is 0.455. The number of hydrogen-bond acceptors (Lipinski definition) is 6. The third-order valence-corrected chi connectivity index (χ3v) is 4.23. The minimum absolute atomic E-state index is 0.0319. The Balaban J connectivity index is 2.62. The molecule has 0 atom stereocenters. The normalized spacial score (nSPS) is 11.4. The molecule has 0 bridgehead atoms. The van der Waals surface area contributed by atoms with Crippen LogP contribution in [0.4, 0.5) is 5.69 Å². The van der Waals surface area contributed by atoms with Gasteiger partial charge in [-0.3, -0.25) is 0 Å². The van der Waals surface area contributed by atoms with Gasteiger partial charge in [0.2, 0.25) is 10.0 Å². The molecule has 1 aromatic heterocycles. The van der Waals surface area contributed by atoms with E-state index in [0.29, 0.717) is 5.69 Å². The third kappa shape index (κ3) is 4.49. The number of nitrogens with one attached hydrogen (secondary N) is 1. The van der Waals surface area contributed by atoms with Crippen molar-refractivity contribution in [2.75, 3.05) is 38.8 Å². The highest BCUT2D eigenvalue weighted by Crippen LogP contribution is 2.08. The zero-order chi connectivity index (χ0) is 14.5. The molecule has 0 aliphatic heterocycles. The molecule has 0 unspecified atom stereocenters. The van der Waals surface area contributed by atoms with Gasteiger partial charge in [0, 0.05) is 32.5 Å². The number of carbonyl (C=O) groups excluding carboxylic acids is 1. The molecule has 8 heteroatoms. The second-order valence-electron chi connectivity index (χ2n) is 3.95. The molecule has 0 spiro atoms. The van der Waals surface area contributed by atoms with Crippen LogP contribution in [-0.2, 0) is 14.8 Å². The molecule has 1 aromatic rings. The second-order valence-corrected chi connectivity index (χ2v) is 6.25. The highest BCUT2D eigenvalue weighted by Gasteiger charge is 2.13. The Morgan fingerprint density at radius 1 is 1.47 bits per heavy atom. The lowest BCUT2D eigenvalue weighted by Crippen LogP contribution is -2.28. The minimum Gasteiger partial charge on any atom is -0.464 e. The summed E-state index contributed by atoms with van der Waals surface area (Å²) in [4.78, 5) is 15.1. The highest BCUT2D eigenvalue weighted by molar-refractivity contribution is 7.89. The maximum absolute atomic E-state index is 11.5. The number of anilines is 1. The molecule has 1 rings (SSSR count). The summed E-state index contributed by atoms with van der Waals surface area (Å²) < 4.78 is 28.8. The van der Waals surface area contributed by atoms with E-state index in [4.69, 9.17) is 0 Å². The molecule has 0 aromatic carbocycles. The van der Waals surface area contributed by atoms with Crippen LogP contribution in [0.2, 0.25) is 0 Å². The van der Waals surface area contributed by atoms with E-state index in [1.165, 1.54) is 37.8 Å². The second kappa shape index (κ2) is 6.48. The maximum Gasteiger partial charge on any atom is 0.356 e. The number of rotatable bonds is 6. The third-order valence-electron chi connectivity index (χ3n) is 2.40. The van der Waals surface area contributed by atoms with Crippen LogP contribution in [0.5, 0.6) is 0 Å². The van der Waals surface area contributed by atoms with Crippen molar-refractivity contribution in [3.63, 3.8) is 0 Å². The number of ether oxygens (including phenoxy) is 1. The summed E-state index contributed by atoms with van der Waals surface area (Å²) in [7, 11) is 1.00. The van der Waals surface area contributed by atoms with Crippen LogP contribution in [0.15, 0.2) is 18.3 Å². The van der Waals surface area contributed by atoms with Gasteiger partial charge in [-0.05, 0) is 12.1 Å². The number of methoxy groups -OCH3 is 1. The van der Waals surface area contributed by atoms with Crippen LogP contribution >= 0.6 is 0 Å². The SMILES string of the molecule is COC(=O)c1cc(NCCS(=O)(=O)N(C)C)ccn1. The van der Waals surface area contributed by atoms with Gasteiger partial charge in [0.1, 0.15) is 5.69 Å². The molecule has 19 heavy (non-hydrogen) atoms. The first-order chi connectivity index (χ1) is 8.86. The van der Waals surface area contributed by atoms with Gasteiger partial charge < -0.3 is 10.1 Å². The summed E-state index contributed by atoms with van der Waals surface area (Å²) in [6.45, 7) is 0.241. The van der Waals surface area contributed by atoms with Crippen LogP contribution in [0.1, 0.15) is 10.5 Å². The monoisotopic (exact) mass is 287 g/mol. The van der Waals surface area contributed by atoms with Crippen LogP contribution in [-0.4, -0.2) is 57.2 Å². The van der Waals surface area contributed by atoms with Crippen molar-refractivity contribution >= 4 is 21.7 Å². The molecule has 0 saturated heterocycles. The van der Waals surface area contributed by atoms with Crippen LogP contribution in [0.3, 0.4) is 0 Å². The average molecular weight is 287 g/mol. The van der Waals surface area contributed by atoms with Gasteiger partial charge in [-0.2, -0.15) is 0 Å². The Labute approximate surface area is 112 Å². The summed E-state index contributed by atoms with van der Waals surface area (Å²) in [5.74, 6) is -0.569. The van der Waals surface area contributed by atoms with Crippen molar-refractivity contribution in [2.24, 2.45) is 0 Å². The number of esters is 1. The number of hydrogen-bond donors (Lipinski definition) is 1. The van der Waals surface area contributed by atoms with E-state index in [1.807, 2.05) is 0 Å². The minimum atomic E-state index is -3.24. The van der Waals surface area contributed by atoms with Crippen molar-refractivity contribution < 1.29 is 17.9 Å². The van der Waals surface area contributed by atoms with Gasteiger partial charge in [-0.15, -0.1) is 0 Å². The van der Waals surface area contributed by atoms with Gasteiger partial charge in [0.15, 0.2) is 0 Å². The molecule has 0 amide bonds. The lowest BCUT2D eigenvalue weighted by molar-refractivity contribution is 0.0594. The van der Waals surface area contributed by atoms with E-state index in [0.717, 1.165) is 0 Å². The van der Waals surface area contributed by atoms with Crippen molar-refractivity contribution in [3.05, 3.63) is 24.0 Å². The number of pyridine rings is 1. The van der Waals surface area contributed by atoms with E-state index in [2.05, 4.69) is 15.0 Å². The zero-order valence-corrected chi connectivity index (χ0v) is 11.9. The molecule has 106 valence electrons. The molecule has 0 radical (unpaired) electrons. The predicted molar refractivity (Wildman–Crippen MR) is 71.5 cm³/mol. The Kier molecular flexibility index (Phi) is 5.25. The molecule has 0 aliphatic carbocycles. The summed E-state index contributed by atoms with van der Waals surface area (Å²) in [6, 6.07) is 3.16. The summed E-state index contributed by atoms with van der Waals surface area (Å²) in [5.41, 5.74) is 0.785. The van der Waals surface area contributed by atoms with Gasteiger partial charge in [0.05, 0.1) is 12.9 Å². The van der Waals surface area contributed by atoms with E-state index < -0.39 is 16.0 Å². The maximum atomic E-state index is 11.5. The highest BCUT2D eigenvalue weighted by atomic mass is 32.2. The van der Waals surface area contributed by atoms with Crippen molar-refractivity contribution in [1.82, 2.24) is 9.29 Å². The number of aromatic nitrogens is 1. The number of nitrogens with zero attached hydrogens (tertiary/aromatic N) is 2. The fourth-order valence-corrected chi connectivity index (χ4v) is 1.99. The zero-order valence-electron chi connectivity index (χ0n) is 11.1. The first-order valence-electron chi connectivity index (χ1n) is 5.55. The molecular weight excluding hydrogens is 270 g/mol. The quantitative estimate of drug-likeness (QED) is 0.750. The van der Waals surface area contributed by atoms with Crippen LogP contribution < -0.4 is 5.32 Å². The predicted octanol–water partition coefficient (Wildman–Crippen LogP) is 0.171. The molecule has 0 saturated carbocycles. The molecule has 0 aliphatic rings. The van der Waals surface area contributed by atoms with Crippen LogP contribution in [0, 0.1) is 0 Å². The standard InChI is InChI=1S/C11H17N3O4S/c1-14(2)19(16,17)7-6-12-9-4-5-13-10(8-9)11(15)18-3/h4-5,8H,6-7H2,1-3H3,(H,12,13). The first-order valence-corrected chi connectivity index (χ1v) is 7.16. The Bertz CT molecular complexity index is 543.